The number of nitrogens with one attached hydrogen (secondary N) is 1. The van der Waals surface area contributed by atoms with Crippen LogP contribution >= 0.6 is 15.9 Å². The number of carbonyl (C=O) groups is 3. The largest absolute Gasteiger partial charge is 0.455 e. The molecular formula is C14H19BrN2O4. The number of esters is 1. The van der Waals surface area contributed by atoms with E-state index in [0.717, 1.165) is 32.1 Å². The van der Waals surface area contributed by atoms with Crippen molar-refractivity contribution in [1.82, 2.24) is 5.32 Å². The second kappa shape index (κ2) is 4.97. The lowest BCUT2D eigenvalue weighted by molar-refractivity contribution is -0.171. The van der Waals surface area contributed by atoms with Gasteiger partial charge in [0.05, 0.1) is 5.41 Å². The van der Waals surface area contributed by atoms with E-state index in [9.17, 15) is 14.4 Å². The lowest BCUT2D eigenvalue weighted by atomic mass is 9.49. The fourth-order valence-corrected chi connectivity index (χ4v) is 6.30. The van der Waals surface area contributed by atoms with Crippen molar-refractivity contribution in [3.63, 3.8) is 0 Å². The van der Waals surface area contributed by atoms with E-state index in [1.165, 1.54) is 6.42 Å². The molecule has 2 atom stereocenters. The van der Waals surface area contributed by atoms with E-state index in [1.54, 1.807) is 0 Å². The van der Waals surface area contributed by atoms with Crippen LogP contribution in [0.5, 0.6) is 0 Å². The number of imide groups is 1. The molecule has 4 fully saturated rings. The van der Waals surface area contributed by atoms with Gasteiger partial charge in [0.1, 0.15) is 0 Å². The van der Waals surface area contributed by atoms with Crippen molar-refractivity contribution in [2.45, 2.75) is 42.8 Å². The molecule has 0 aromatic heterocycles. The Bertz CT molecular complexity index is 493. The highest BCUT2D eigenvalue weighted by atomic mass is 79.9. The molecule has 4 aliphatic carbocycles. The van der Waals surface area contributed by atoms with Crippen molar-refractivity contribution in [2.24, 2.45) is 23.0 Å². The second-order valence-corrected chi connectivity index (χ2v) is 8.56. The fourth-order valence-electron chi connectivity index (χ4n) is 4.85. The lowest BCUT2D eigenvalue weighted by Crippen LogP contribution is -2.56. The van der Waals surface area contributed by atoms with Crippen LogP contribution in [0.15, 0.2) is 0 Å². The molecule has 4 rings (SSSR count). The topological polar surface area (TPSA) is 98.5 Å². The Morgan fingerprint density at radius 3 is 2.33 bits per heavy atom. The quantitative estimate of drug-likeness (QED) is 0.589. The Balaban J connectivity index is 1.64. The molecule has 21 heavy (non-hydrogen) atoms. The average Bonchev–Trinajstić information content (AvgIpc) is 2.31. The van der Waals surface area contributed by atoms with Crippen molar-refractivity contribution in [3.05, 3.63) is 0 Å². The second-order valence-electron chi connectivity index (χ2n) is 6.88. The molecule has 0 heterocycles. The summed E-state index contributed by atoms with van der Waals surface area (Å²) in [6.07, 6.45) is 5.94. The molecule has 4 bridgehead atoms. The van der Waals surface area contributed by atoms with E-state index in [4.69, 9.17) is 10.5 Å². The summed E-state index contributed by atoms with van der Waals surface area (Å²) in [5, 5.41) is 1.89. The molecule has 0 radical (unpaired) electrons. The summed E-state index contributed by atoms with van der Waals surface area (Å²) in [5.41, 5.74) is 4.39. The molecule has 4 saturated carbocycles. The number of rotatable bonds is 3. The number of nitrogens with two attached hydrogens (primary N) is 1. The van der Waals surface area contributed by atoms with Crippen LogP contribution in [0.1, 0.15) is 38.5 Å². The third kappa shape index (κ3) is 2.80. The third-order valence-electron chi connectivity index (χ3n) is 5.02. The summed E-state index contributed by atoms with van der Waals surface area (Å²) < 4.78 is 5.22. The fraction of sp³-hybridized carbons (Fsp3) is 0.786. The van der Waals surface area contributed by atoms with E-state index in [2.05, 4.69) is 15.9 Å². The molecule has 116 valence electrons. The SMILES string of the molecule is NC(=O)NC(=O)COC(=O)C12C[C@@H]3C[C@H](CC(Br)(C3)C1)C2. The van der Waals surface area contributed by atoms with Gasteiger partial charge >= 0.3 is 12.0 Å². The minimum atomic E-state index is -0.940. The predicted octanol–water partition coefficient (Wildman–Crippen LogP) is 1.46. The molecule has 0 spiro atoms. The first-order valence-electron chi connectivity index (χ1n) is 7.26. The molecule has 0 unspecified atom stereocenters. The average molecular weight is 359 g/mol. The Kier molecular flexibility index (Phi) is 3.50. The van der Waals surface area contributed by atoms with Crippen molar-refractivity contribution in [2.75, 3.05) is 6.61 Å². The van der Waals surface area contributed by atoms with Crippen molar-refractivity contribution >= 4 is 33.8 Å². The van der Waals surface area contributed by atoms with Crippen LogP contribution in [0.3, 0.4) is 0 Å². The number of halogens is 1. The minimum absolute atomic E-state index is 0.0611. The van der Waals surface area contributed by atoms with Crippen LogP contribution in [0, 0.1) is 17.3 Å². The zero-order chi connectivity index (χ0) is 15.3. The van der Waals surface area contributed by atoms with E-state index in [-0.39, 0.29) is 10.3 Å². The van der Waals surface area contributed by atoms with Gasteiger partial charge in [0, 0.05) is 4.32 Å². The standard InChI is InChI=1S/C14H19BrN2O4/c15-14-4-8-1-9(5-14)3-13(2-8,7-14)11(19)21-6-10(18)17-12(16)20/h8-9H,1-7H2,(H3,16,17,18,20)/t8-,9-,13?,14?/m0/s1. The number of carbonyl (C=O) groups excluding carboxylic acids is 3. The van der Waals surface area contributed by atoms with E-state index >= 15 is 0 Å². The van der Waals surface area contributed by atoms with E-state index in [0.29, 0.717) is 11.8 Å². The number of amides is 3. The zero-order valence-electron chi connectivity index (χ0n) is 11.7. The van der Waals surface area contributed by atoms with Gasteiger partial charge in [0.25, 0.3) is 5.91 Å². The summed E-state index contributed by atoms with van der Waals surface area (Å²) in [7, 11) is 0. The smallest absolute Gasteiger partial charge is 0.318 e. The molecular weight excluding hydrogens is 340 g/mol. The van der Waals surface area contributed by atoms with Crippen LogP contribution in [0.25, 0.3) is 0 Å². The van der Waals surface area contributed by atoms with Crippen LogP contribution in [0.4, 0.5) is 4.79 Å². The van der Waals surface area contributed by atoms with Crippen molar-refractivity contribution in [3.8, 4) is 0 Å². The van der Waals surface area contributed by atoms with Crippen LogP contribution < -0.4 is 11.1 Å². The Labute approximate surface area is 131 Å². The zero-order valence-corrected chi connectivity index (χ0v) is 13.3. The molecule has 3 amide bonds. The predicted molar refractivity (Wildman–Crippen MR) is 77.5 cm³/mol. The van der Waals surface area contributed by atoms with Gasteiger partial charge in [-0.15, -0.1) is 0 Å². The van der Waals surface area contributed by atoms with Crippen molar-refractivity contribution in [1.29, 1.82) is 0 Å². The Morgan fingerprint density at radius 1 is 1.19 bits per heavy atom. The first-order valence-corrected chi connectivity index (χ1v) is 8.05. The number of hydrogen-bond donors (Lipinski definition) is 2. The molecule has 0 saturated heterocycles. The van der Waals surface area contributed by atoms with E-state index < -0.39 is 24.0 Å². The number of primary amides is 1. The molecule has 3 N–H and O–H groups in total. The first kappa shape index (κ1) is 14.8. The maximum Gasteiger partial charge on any atom is 0.318 e. The maximum absolute atomic E-state index is 12.5. The number of ether oxygens (including phenoxy) is 1. The van der Waals surface area contributed by atoms with Gasteiger partial charge in [-0.1, -0.05) is 15.9 Å². The summed E-state index contributed by atoms with van der Waals surface area (Å²) in [5.74, 6) is 0.143. The third-order valence-corrected chi connectivity index (χ3v) is 5.95. The van der Waals surface area contributed by atoms with Crippen LogP contribution in [-0.4, -0.2) is 28.8 Å². The Hall–Kier alpha value is -1.11. The molecule has 7 heteroatoms. The summed E-state index contributed by atoms with van der Waals surface area (Å²) >= 11 is 3.83. The molecule has 0 aromatic carbocycles. The highest BCUT2D eigenvalue weighted by molar-refractivity contribution is 9.10. The van der Waals surface area contributed by atoms with Gasteiger partial charge < -0.3 is 10.5 Å². The number of urea groups is 1. The van der Waals surface area contributed by atoms with Gasteiger partial charge in [0.15, 0.2) is 6.61 Å². The van der Waals surface area contributed by atoms with Crippen LogP contribution in [0.2, 0.25) is 0 Å². The van der Waals surface area contributed by atoms with Gasteiger partial charge in [-0.2, -0.15) is 0 Å². The van der Waals surface area contributed by atoms with Crippen molar-refractivity contribution < 1.29 is 19.1 Å². The Morgan fingerprint density at radius 2 is 1.81 bits per heavy atom. The summed E-state index contributed by atoms with van der Waals surface area (Å²) in [6.45, 7) is -0.450. The first-order chi connectivity index (χ1) is 9.80. The monoisotopic (exact) mass is 358 g/mol. The molecule has 0 aromatic rings. The lowest BCUT2D eigenvalue weighted by Gasteiger charge is -2.58. The van der Waals surface area contributed by atoms with Gasteiger partial charge in [-0.3, -0.25) is 14.9 Å². The summed E-state index contributed by atoms with van der Waals surface area (Å²) in [4.78, 5) is 34.4. The highest BCUT2D eigenvalue weighted by Gasteiger charge is 2.60. The summed E-state index contributed by atoms with van der Waals surface area (Å²) in [6, 6.07) is -0.940. The molecule has 4 aliphatic rings. The van der Waals surface area contributed by atoms with Crippen LogP contribution in [-0.2, 0) is 14.3 Å². The number of hydrogen-bond acceptors (Lipinski definition) is 4. The van der Waals surface area contributed by atoms with Gasteiger partial charge in [-0.05, 0) is 50.4 Å². The minimum Gasteiger partial charge on any atom is -0.455 e. The maximum atomic E-state index is 12.5. The number of alkyl halides is 1. The van der Waals surface area contributed by atoms with Gasteiger partial charge in [-0.25, -0.2) is 4.79 Å². The van der Waals surface area contributed by atoms with E-state index in [1.807, 2.05) is 5.32 Å². The normalized spacial score (nSPS) is 39.9. The molecule has 0 aliphatic heterocycles. The molecule has 6 nitrogen and oxygen atoms in total. The highest BCUT2D eigenvalue weighted by Crippen LogP contribution is 2.64. The van der Waals surface area contributed by atoms with Gasteiger partial charge in [0.2, 0.25) is 0 Å².